The van der Waals surface area contributed by atoms with Crippen molar-refractivity contribution < 1.29 is 0 Å². The number of aromatic nitrogens is 1. The number of aryl methyl sites for hydroxylation is 1. The molecular weight excluding hydrogens is 326 g/mol. The third-order valence-corrected chi connectivity index (χ3v) is 4.95. The minimum atomic E-state index is 0.752. The Morgan fingerprint density at radius 1 is 1.00 bits per heavy atom. The van der Waals surface area contributed by atoms with Crippen molar-refractivity contribution in [2.45, 2.75) is 6.92 Å². The lowest BCUT2D eigenvalue weighted by Gasteiger charge is -2.05. The van der Waals surface area contributed by atoms with Crippen LogP contribution in [-0.2, 0) is 0 Å². The summed E-state index contributed by atoms with van der Waals surface area (Å²) in [5, 5.41) is 7.58. The Bertz CT molecular complexity index is 1020. The summed E-state index contributed by atoms with van der Waals surface area (Å²) < 4.78 is 0. The molecule has 0 fully saturated rings. The van der Waals surface area contributed by atoms with Gasteiger partial charge in [-0.15, -0.1) is 11.3 Å². The second-order valence-electron chi connectivity index (χ2n) is 5.81. The van der Waals surface area contributed by atoms with Crippen molar-refractivity contribution in [3.63, 3.8) is 0 Å². The molecule has 2 aromatic carbocycles. The lowest BCUT2D eigenvalue weighted by molar-refractivity contribution is 1.25. The molecule has 0 saturated heterocycles. The number of nitrogens with zero attached hydrogens (tertiary/aromatic N) is 2. The van der Waals surface area contributed by atoms with E-state index in [4.69, 9.17) is 0 Å². The molecule has 25 heavy (non-hydrogen) atoms. The molecule has 4 heteroatoms. The van der Waals surface area contributed by atoms with Gasteiger partial charge in [0.25, 0.3) is 0 Å². The van der Waals surface area contributed by atoms with Gasteiger partial charge in [0.05, 0.1) is 11.7 Å². The molecule has 122 valence electrons. The largest absolute Gasteiger partial charge is 0.261 e. The zero-order chi connectivity index (χ0) is 17.1. The third kappa shape index (κ3) is 3.44. The Labute approximate surface area is 150 Å². The standard InChI is InChI=1S/C21H17N3S/c1-15-13-21(23-19-6-3-2-5-18(15)19)24-22-14-16-8-10-17(11-9-16)20-7-4-12-25-20/h2-14H,1H3,(H,23,24)/b22-14+. The van der Waals surface area contributed by atoms with Gasteiger partial charge in [0.1, 0.15) is 5.82 Å². The van der Waals surface area contributed by atoms with E-state index in [0.717, 1.165) is 16.9 Å². The number of benzene rings is 2. The number of hydrogen-bond acceptors (Lipinski definition) is 4. The maximum absolute atomic E-state index is 4.59. The Morgan fingerprint density at radius 2 is 1.84 bits per heavy atom. The van der Waals surface area contributed by atoms with Crippen LogP contribution in [0.1, 0.15) is 11.1 Å². The van der Waals surface area contributed by atoms with Crippen LogP contribution in [0.5, 0.6) is 0 Å². The van der Waals surface area contributed by atoms with Gasteiger partial charge in [-0.1, -0.05) is 48.5 Å². The molecule has 4 aromatic rings. The van der Waals surface area contributed by atoms with Crippen molar-refractivity contribution in [3.8, 4) is 10.4 Å². The van der Waals surface area contributed by atoms with E-state index in [0.29, 0.717) is 0 Å². The lowest BCUT2D eigenvalue weighted by Crippen LogP contribution is -1.95. The Kier molecular flexibility index (Phi) is 4.27. The predicted octanol–water partition coefficient (Wildman–Crippen LogP) is 5.72. The minimum absolute atomic E-state index is 0.752. The summed E-state index contributed by atoms with van der Waals surface area (Å²) in [6, 6.07) is 22.7. The maximum atomic E-state index is 4.59. The van der Waals surface area contributed by atoms with Gasteiger partial charge in [-0.05, 0) is 47.2 Å². The molecule has 2 heterocycles. The van der Waals surface area contributed by atoms with Crippen LogP contribution in [0.3, 0.4) is 0 Å². The number of anilines is 1. The van der Waals surface area contributed by atoms with E-state index in [1.54, 1.807) is 11.3 Å². The third-order valence-electron chi connectivity index (χ3n) is 4.03. The highest BCUT2D eigenvalue weighted by atomic mass is 32.1. The molecule has 1 N–H and O–H groups in total. The first-order chi connectivity index (χ1) is 12.3. The van der Waals surface area contributed by atoms with E-state index in [1.165, 1.54) is 21.4 Å². The number of para-hydroxylation sites is 1. The number of fused-ring (bicyclic) bond motifs is 1. The highest BCUT2D eigenvalue weighted by Crippen LogP contribution is 2.24. The molecule has 0 aliphatic carbocycles. The lowest BCUT2D eigenvalue weighted by atomic mass is 10.1. The molecule has 0 radical (unpaired) electrons. The summed E-state index contributed by atoms with van der Waals surface area (Å²) in [6.07, 6.45) is 1.81. The van der Waals surface area contributed by atoms with Crippen LogP contribution in [0.15, 0.2) is 77.2 Å². The van der Waals surface area contributed by atoms with Crippen LogP contribution in [0.2, 0.25) is 0 Å². The fraction of sp³-hybridized carbons (Fsp3) is 0.0476. The van der Waals surface area contributed by atoms with Gasteiger partial charge in [0.2, 0.25) is 0 Å². The van der Waals surface area contributed by atoms with Crippen LogP contribution in [0, 0.1) is 6.92 Å². The van der Waals surface area contributed by atoms with Crippen molar-refractivity contribution >= 4 is 34.3 Å². The zero-order valence-corrected chi connectivity index (χ0v) is 14.6. The molecule has 0 aliphatic heterocycles. The summed E-state index contributed by atoms with van der Waals surface area (Å²) in [7, 11) is 0. The summed E-state index contributed by atoms with van der Waals surface area (Å²) >= 11 is 1.74. The van der Waals surface area contributed by atoms with Crippen LogP contribution in [0.25, 0.3) is 21.3 Å². The van der Waals surface area contributed by atoms with E-state index in [2.05, 4.69) is 70.3 Å². The minimum Gasteiger partial charge on any atom is -0.261 e. The fourth-order valence-corrected chi connectivity index (χ4v) is 3.49. The first kappa shape index (κ1) is 15.5. The molecule has 0 amide bonds. The highest BCUT2D eigenvalue weighted by Gasteiger charge is 2.01. The molecular formula is C21H17N3S. The van der Waals surface area contributed by atoms with Crippen LogP contribution < -0.4 is 5.43 Å². The van der Waals surface area contributed by atoms with Crippen molar-refractivity contribution in [1.82, 2.24) is 4.98 Å². The number of hydrazone groups is 1. The van der Waals surface area contributed by atoms with Gasteiger partial charge >= 0.3 is 0 Å². The number of rotatable bonds is 4. The average Bonchev–Trinajstić information content (AvgIpc) is 3.17. The molecule has 0 saturated carbocycles. The Balaban J connectivity index is 1.49. The van der Waals surface area contributed by atoms with E-state index in [-0.39, 0.29) is 0 Å². The van der Waals surface area contributed by atoms with Gasteiger partial charge < -0.3 is 0 Å². The monoisotopic (exact) mass is 343 g/mol. The van der Waals surface area contributed by atoms with Crippen molar-refractivity contribution in [2.75, 3.05) is 5.43 Å². The van der Waals surface area contributed by atoms with Gasteiger partial charge in [0.15, 0.2) is 0 Å². The fourth-order valence-electron chi connectivity index (χ4n) is 2.76. The van der Waals surface area contributed by atoms with E-state index in [9.17, 15) is 0 Å². The molecule has 0 bridgehead atoms. The smallest absolute Gasteiger partial charge is 0.147 e. The number of nitrogens with one attached hydrogen (secondary N) is 1. The van der Waals surface area contributed by atoms with Crippen molar-refractivity contribution in [1.29, 1.82) is 0 Å². The first-order valence-corrected chi connectivity index (χ1v) is 8.97. The quantitative estimate of drug-likeness (QED) is 0.380. The number of hydrogen-bond donors (Lipinski definition) is 1. The topological polar surface area (TPSA) is 37.3 Å². The molecule has 4 rings (SSSR count). The summed E-state index contributed by atoms with van der Waals surface area (Å²) in [5.41, 5.74) is 7.46. The van der Waals surface area contributed by atoms with Gasteiger partial charge in [-0.25, -0.2) is 4.98 Å². The molecule has 0 unspecified atom stereocenters. The predicted molar refractivity (Wildman–Crippen MR) is 107 cm³/mol. The summed E-state index contributed by atoms with van der Waals surface area (Å²) in [6.45, 7) is 2.09. The van der Waals surface area contributed by atoms with E-state index >= 15 is 0 Å². The van der Waals surface area contributed by atoms with Crippen molar-refractivity contribution in [2.24, 2.45) is 5.10 Å². The second kappa shape index (κ2) is 6.87. The maximum Gasteiger partial charge on any atom is 0.147 e. The van der Waals surface area contributed by atoms with E-state index in [1.807, 2.05) is 30.5 Å². The SMILES string of the molecule is Cc1cc(N/N=C/c2ccc(-c3cccs3)cc2)nc2ccccc12. The van der Waals surface area contributed by atoms with Gasteiger partial charge in [-0.2, -0.15) is 5.10 Å². The van der Waals surface area contributed by atoms with E-state index < -0.39 is 0 Å². The summed E-state index contributed by atoms with van der Waals surface area (Å²) in [4.78, 5) is 5.87. The molecule has 2 aromatic heterocycles. The highest BCUT2D eigenvalue weighted by molar-refractivity contribution is 7.13. The van der Waals surface area contributed by atoms with Crippen LogP contribution in [-0.4, -0.2) is 11.2 Å². The van der Waals surface area contributed by atoms with Gasteiger partial charge in [0, 0.05) is 10.3 Å². The Hall–Kier alpha value is -2.98. The van der Waals surface area contributed by atoms with Crippen molar-refractivity contribution in [3.05, 3.63) is 83.2 Å². The normalized spacial score (nSPS) is 11.2. The summed E-state index contributed by atoms with van der Waals surface area (Å²) in [5.74, 6) is 0.752. The first-order valence-electron chi connectivity index (χ1n) is 8.09. The Morgan fingerprint density at radius 3 is 2.64 bits per heavy atom. The molecule has 0 spiro atoms. The average molecular weight is 343 g/mol. The molecule has 0 aliphatic rings. The molecule has 3 nitrogen and oxygen atoms in total. The number of pyridine rings is 1. The van der Waals surface area contributed by atoms with Crippen LogP contribution >= 0.6 is 11.3 Å². The van der Waals surface area contributed by atoms with Crippen LogP contribution in [0.4, 0.5) is 5.82 Å². The zero-order valence-electron chi connectivity index (χ0n) is 13.8. The number of thiophene rings is 1. The second-order valence-corrected chi connectivity index (χ2v) is 6.76. The van der Waals surface area contributed by atoms with Gasteiger partial charge in [-0.3, -0.25) is 5.43 Å². The molecule has 0 atom stereocenters.